The van der Waals surface area contributed by atoms with Crippen molar-refractivity contribution < 1.29 is 19.4 Å². The third kappa shape index (κ3) is 5.04. The molecule has 19 heavy (non-hydrogen) atoms. The topological polar surface area (TPSA) is 82.7 Å². The maximum absolute atomic E-state index is 10.8. The molecule has 0 aliphatic carbocycles. The van der Waals surface area contributed by atoms with Gasteiger partial charge in [0.2, 0.25) is 5.76 Å². The van der Waals surface area contributed by atoms with E-state index in [9.17, 15) is 4.79 Å². The highest BCUT2D eigenvalue weighted by Crippen LogP contribution is 2.21. The molecular weight excluding hydrogens is 246 g/mol. The molecule has 1 rings (SSSR count). The number of aromatic carboxylic acids is 1. The van der Waals surface area contributed by atoms with Crippen molar-refractivity contribution in [1.82, 2.24) is 5.32 Å². The molecule has 0 aliphatic heterocycles. The number of aliphatic hydroxyl groups excluding tert-OH is 1. The lowest BCUT2D eigenvalue weighted by atomic mass is 9.88. The quantitative estimate of drug-likeness (QED) is 0.673. The summed E-state index contributed by atoms with van der Waals surface area (Å²) in [5.74, 6) is -0.426. The number of aliphatic hydroxyl groups is 1. The summed E-state index contributed by atoms with van der Waals surface area (Å²) in [6.45, 7) is 7.65. The summed E-state index contributed by atoms with van der Waals surface area (Å²) >= 11 is 0. The third-order valence-corrected chi connectivity index (χ3v) is 3.16. The third-order valence-electron chi connectivity index (χ3n) is 3.16. The van der Waals surface area contributed by atoms with Gasteiger partial charge in [-0.1, -0.05) is 13.8 Å². The minimum Gasteiger partial charge on any atom is -0.475 e. The van der Waals surface area contributed by atoms with Crippen LogP contribution in [0.25, 0.3) is 0 Å². The molecule has 5 heteroatoms. The van der Waals surface area contributed by atoms with Crippen LogP contribution < -0.4 is 5.32 Å². The SMILES string of the molecule is Cc1oc(C(=O)O)cc1CNCC(C)(C)CCCO. The number of aryl methyl sites for hydroxylation is 1. The smallest absolute Gasteiger partial charge is 0.371 e. The van der Waals surface area contributed by atoms with Gasteiger partial charge in [-0.2, -0.15) is 0 Å². The molecule has 0 aromatic carbocycles. The summed E-state index contributed by atoms with van der Waals surface area (Å²) < 4.78 is 5.15. The zero-order valence-corrected chi connectivity index (χ0v) is 11.8. The summed E-state index contributed by atoms with van der Waals surface area (Å²) in [6, 6.07) is 1.56. The van der Waals surface area contributed by atoms with Crippen LogP contribution in [0.1, 0.15) is 48.6 Å². The fraction of sp³-hybridized carbons (Fsp3) is 0.643. The standard InChI is InChI=1S/C14H23NO4/c1-10-11(7-12(19-10)13(17)18)8-15-9-14(2,3)5-4-6-16/h7,15-16H,4-6,8-9H2,1-3H3,(H,17,18). The highest BCUT2D eigenvalue weighted by Gasteiger charge is 2.18. The van der Waals surface area contributed by atoms with E-state index in [1.807, 2.05) is 0 Å². The van der Waals surface area contributed by atoms with E-state index in [-0.39, 0.29) is 17.8 Å². The molecule has 1 heterocycles. The number of carbonyl (C=O) groups is 1. The summed E-state index contributed by atoms with van der Waals surface area (Å²) in [5.41, 5.74) is 0.978. The Morgan fingerprint density at radius 1 is 1.47 bits per heavy atom. The number of hydrogen-bond acceptors (Lipinski definition) is 4. The second-order valence-electron chi connectivity index (χ2n) is 5.59. The zero-order valence-electron chi connectivity index (χ0n) is 11.8. The molecule has 0 spiro atoms. The Hall–Kier alpha value is -1.33. The lowest BCUT2D eigenvalue weighted by molar-refractivity contribution is 0.0661. The first-order chi connectivity index (χ1) is 8.85. The largest absolute Gasteiger partial charge is 0.475 e. The first-order valence-electron chi connectivity index (χ1n) is 6.50. The van der Waals surface area contributed by atoms with Crippen LogP contribution in [0.2, 0.25) is 0 Å². The average molecular weight is 269 g/mol. The second kappa shape index (κ2) is 6.73. The van der Waals surface area contributed by atoms with Crippen molar-refractivity contribution in [2.24, 2.45) is 5.41 Å². The molecule has 0 aliphatic rings. The van der Waals surface area contributed by atoms with E-state index >= 15 is 0 Å². The van der Waals surface area contributed by atoms with E-state index in [0.717, 1.165) is 24.9 Å². The van der Waals surface area contributed by atoms with Crippen molar-refractivity contribution >= 4 is 5.97 Å². The van der Waals surface area contributed by atoms with Crippen LogP contribution in [0.5, 0.6) is 0 Å². The second-order valence-corrected chi connectivity index (χ2v) is 5.59. The first kappa shape index (κ1) is 15.7. The highest BCUT2D eigenvalue weighted by atomic mass is 16.4. The van der Waals surface area contributed by atoms with E-state index in [4.69, 9.17) is 14.6 Å². The number of rotatable bonds is 8. The fourth-order valence-electron chi connectivity index (χ4n) is 1.98. The molecule has 108 valence electrons. The van der Waals surface area contributed by atoms with Crippen molar-refractivity contribution in [3.8, 4) is 0 Å². The molecule has 0 unspecified atom stereocenters. The lowest BCUT2D eigenvalue weighted by Gasteiger charge is -2.24. The van der Waals surface area contributed by atoms with E-state index in [1.165, 1.54) is 0 Å². The van der Waals surface area contributed by atoms with Gasteiger partial charge in [0.05, 0.1) is 0 Å². The minimum atomic E-state index is -1.04. The monoisotopic (exact) mass is 269 g/mol. The molecule has 0 radical (unpaired) electrons. The van der Waals surface area contributed by atoms with E-state index in [1.54, 1.807) is 13.0 Å². The highest BCUT2D eigenvalue weighted by molar-refractivity contribution is 5.84. The Labute approximate surface area is 113 Å². The van der Waals surface area contributed by atoms with Crippen molar-refractivity contribution in [1.29, 1.82) is 0 Å². The van der Waals surface area contributed by atoms with Gasteiger partial charge in [0.25, 0.3) is 0 Å². The van der Waals surface area contributed by atoms with Gasteiger partial charge in [-0.25, -0.2) is 4.79 Å². The Bertz CT molecular complexity index is 423. The Kier molecular flexibility index (Phi) is 5.57. The van der Waals surface area contributed by atoms with Crippen LogP contribution in [-0.4, -0.2) is 29.3 Å². The molecular formula is C14H23NO4. The minimum absolute atomic E-state index is 0.0196. The zero-order chi connectivity index (χ0) is 14.5. The van der Waals surface area contributed by atoms with Crippen molar-refractivity contribution in [3.63, 3.8) is 0 Å². The van der Waals surface area contributed by atoms with Gasteiger partial charge in [-0.05, 0) is 31.2 Å². The number of carboxylic acids is 1. The molecule has 0 bridgehead atoms. The van der Waals surface area contributed by atoms with Gasteiger partial charge in [0.15, 0.2) is 0 Å². The van der Waals surface area contributed by atoms with Gasteiger partial charge < -0.3 is 19.9 Å². The van der Waals surface area contributed by atoms with Crippen LogP contribution in [0.15, 0.2) is 10.5 Å². The van der Waals surface area contributed by atoms with Crippen LogP contribution >= 0.6 is 0 Å². The molecule has 1 aromatic heterocycles. The molecule has 1 aromatic rings. The lowest BCUT2D eigenvalue weighted by Crippen LogP contribution is -2.29. The van der Waals surface area contributed by atoms with Gasteiger partial charge in [-0.3, -0.25) is 0 Å². The molecule has 0 saturated carbocycles. The van der Waals surface area contributed by atoms with Crippen LogP contribution in [0.3, 0.4) is 0 Å². The normalized spacial score (nSPS) is 11.8. The van der Waals surface area contributed by atoms with E-state index in [2.05, 4.69) is 19.2 Å². The molecule has 0 atom stereocenters. The Balaban J connectivity index is 2.46. The van der Waals surface area contributed by atoms with Crippen LogP contribution in [0, 0.1) is 12.3 Å². The summed E-state index contributed by atoms with van der Waals surface area (Å²) in [6.07, 6.45) is 1.74. The number of furan rings is 1. The Morgan fingerprint density at radius 2 is 2.16 bits per heavy atom. The summed E-state index contributed by atoms with van der Waals surface area (Å²) in [5, 5.41) is 21.0. The van der Waals surface area contributed by atoms with Crippen LogP contribution in [0.4, 0.5) is 0 Å². The molecule has 5 nitrogen and oxygen atoms in total. The molecule has 0 saturated heterocycles. The van der Waals surface area contributed by atoms with Crippen molar-refractivity contribution in [3.05, 3.63) is 23.2 Å². The average Bonchev–Trinajstić information content (AvgIpc) is 2.69. The number of hydrogen-bond donors (Lipinski definition) is 3. The van der Waals surface area contributed by atoms with Crippen LogP contribution in [-0.2, 0) is 6.54 Å². The predicted molar refractivity (Wildman–Crippen MR) is 72.2 cm³/mol. The van der Waals surface area contributed by atoms with Gasteiger partial charge >= 0.3 is 5.97 Å². The van der Waals surface area contributed by atoms with E-state index < -0.39 is 5.97 Å². The van der Waals surface area contributed by atoms with Gasteiger partial charge in [-0.15, -0.1) is 0 Å². The summed E-state index contributed by atoms with van der Waals surface area (Å²) in [4.78, 5) is 10.8. The fourth-order valence-corrected chi connectivity index (χ4v) is 1.98. The van der Waals surface area contributed by atoms with Crippen molar-refractivity contribution in [2.45, 2.75) is 40.2 Å². The first-order valence-corrected chi connectivity index (χ1v) is 6.50. The predicted octanol–water partition coefficient (Wildman–Crippen LogP) is 2.17. The maximum Gasteiger partial charge on any atom is 0.371 e. The van der Waals surface area contributed by atoms with Crippen molar-refractivity contribution in [2.75, 3.05) is 13.2 Å². The maximum atomic E-state index is 10.8. The van der Waals surface area contributed by atoms with Gasteiger partial charge in [0, 0.05) is 25.3 Å². The Morgan fingerprint density at radius 3 is 2.68 bits per heavy atom. The van der Waals surface area contributed by atoms with Gasteiger partial charge in [0.1, 0.15) is 5.76 Å². The molecule has 3 N–H and O–H groups in total. The molecule has 0 fully saturated rings. The summed E-state index contributed by atoms with van der Waals surface area (Å²) in [7, 11) is 0. The number of carboxylic acid groups (broad SMARTS) is 1. The number of nitrogens with one attached hydrogen (secondary N) is 1. The molecule has 0 amide bonds. The van der Waals surface area contributed by atoms with E-state index in [0.29, 0.717) is 12.3 Å².